The van der Waals surface area contributed by atoms with Crippen LogP contribution in [0.2, 0.25) is 0 Å². The van der Waals surface area contributed by atoms with Crippen LogP contribution in [0.15, 0.2) is 58.4 Å². The number of guanidine groups is 1. The van der Waals surface area contributed by atoms with Crippen LogP contribution in [0.25, 0.3) is 16.5 Å². The fourth-order valence-corrected chi connectivity index (χ4v) is 2.76. The Labute approximate surface area is 154 Å². The second-order valence-electron chi connectivity index (χ2n) is 5.68. The largest absolute Gasteiger partial charge is 0.497 e. The number of methoxy groups -OCH3 is 2. The summed E-state index contributed by atoms with van der Waals surface area (Å²) in [7, 11) is 3.02. The summed E-state index contributed by atoms with van der Waals surface area (Å²) in [5.74, 6) is 0.00251. The Bertz CT molecular complexity index is 1090. The van der Waals surface area contributed by atoms with Crippen LogP contribution in [0.3, 0.4) is 0 Å². The van der Waals surface area contributed by atoms with Gasteiger partial charge in [-0.25, -0.2) is 0 Å². The van der Waals surface area contributed by atoms with E-state index in [0.29, 0.717) is 28.0 Å². The summed E-state index contributed by atoms with van der Waals surface area (Å²) in [6.07, 6.45) is 1.41. The van der Waals surface area contributed by atoms with Crippen molar-refractivity contribution in [2.75, 3.05) is 14.2 Å². The third-order valence-corrected chi connectivity index (χ3v) is 4.00. The molecule has 3 rings (SSSR count). The normalized spacial score (nSPS) is 10.4. The highest BCUT2D eigenvalue weighted by atomic mass is 16.5. The van der Waals surface area contributed by atoms with Crippen LogP contribution in [0.4, 0.5) is 0 Å². The zero-order valence-electron chi connectivity index (χ0n) is 14.8. The first-order valence-corrected chi connectivity index (χ1v) is 7.96. The smallest absolute Gasteiger partial charge is 0.282 e. The van der Waals surface area contributed by atoms with Gasteiger partial charge >= 0.3 is 0 Å². The van der Waals surface area contributed by atoms with E-state index < -0.39 is 5.91 Å². The number of pyridine rings is 1. The summed E-state index contributed by atoms with van der Waals surface area (Å²) in [5.41, 5.74) is 11.0. The number of carbonyl (C=O) groups is 1. The maximum Gasteiger partial charge on any atom is 0.282 e. The van der Waals surface area contributed by atoms with Crippen LogP contribution in [-0.2, 0) is 0 Å². The highest BCUT2D eigenvalue weighted by Crippen LogP contribution is 2.26. The van der Waals surface area contributed by atoms with Crippen LogP contribution in [0, 0.1) is 0 Å². The molecule has 0 radical (unpaired) electrons. The van der Waals surface area contributed by atoms with Gasteiger partial charge in [-0.2, -0.15) is 4.99 Å². The van der Waals surface area contributed by atoms with Gasteiger partial charge in [-0.1, -0.05) is 18.2 Å². The lowest BCUT2D eigenvalue weighted by Crippen LogP contribution is -2.25. The van der Waals surface area contributed by atoms with Crippen LogP contribution >= 0.6 is 0 Å². The Morgan fingerprint density at radius 3 is 2.15 bits per heavy atom. The topological polar surface area (TPSA) is 122 Å². The minimum Gasteiger partial charge on any atom is -0.497 e. The first-order chi connectivity index (χ1) is 12.9. The Morgan fingerprint density at radius 1 is 1.00 bits per heavy atom. The van der Waals surface area contributed by atoms with E-state index in [1.54, 1.807) is 42.5 Å². The number of nitrogens with two attached hydrogens (primary N) is 2. The highest BCUT2D eigenvalue weighted by molar-refractivity contribution is 6.10. The van der Waals surface area contributed by atoms with Gasteiger partial charge in [-0.3, -0.25) is 14.2 Å². The van der Waals surface area contributed by atoms with Crippen molar-refractivity contribution in [2.24, 2.45) is 16.5 Å². The average molecular weight is 366 g/mol. The van der Waals surface area contributed by atoms with Crippen LogP contribution < -0.4 is 26.5 Å². The molecule has 1 aromatic heterocycles. The maximum absolute atomic E-state index is 13.0. The molecule has 1 heterocycles. The second-order valence-corrected chi connectivity index (χ2v) is 5.68. The maximum atomic E-state index is 13.0. The van der Waals surface area contributed by atoms with Gasteiger partial charge in [0, 0.05) is 35.2 Å². The number of aliphatic imine (C=N–C) groups is 1. The number of aromatic nitrogens is 1. The molecule has 2 aromatic carbocycles. The van der Waals surface area contributed by atoms with Crippen molar-refractivity contribution in [3.63, 3.8) is 0 Å². The van der Waals surface area contributed by atoms with Crippen LogP contribution in [0.5, 0.6) is 11.5 Å². The molecule has 0 aliphatic rings. The van der Waals surface area contributed by atoms with Gasteiger partial charge in [0.2, 0.25) is 0 Å². The van der Waals surface area contributed by atoms with Crippen molar-refractivity contribution in [3.8, 4) is 17.2 Å². The molecule has 8 heteroatoms. The van der Waals surface area contributed by atoms with Gasteiger partial charge in [0.15, 0.2) is 5.96 Å². The average Bonchev–Trinajstić information content (AvgIpc) is 2.67. The predicted octanol–water partition coefficient (Wildman–Crippen LogP) is 1.42. The molecular formula is C19H18N4O4. The van der Waals surface area contributed by atoms with Crippen molar-refractivity contribution in [3.05, 3.63) is 64.6 Å². The van der Waals surface area contributed by atoms with Crippen molar-refractivity contribution in [1.82, 2.24) is 4.57 Å². The molecule has 0 saturated carbocycles. The van der Waals surface area contributed by atoms with Crippen LogP contribution in [0.1, 0.15) is 10.4 Å². The minimum absolute atomic E-state index is 0.195. The van der Waals surface area contributed by atoms with Gasteiger partial charge in [-0.05, 0) is 6.07 Å². The van der Waals surface area contributed by atoms with E-state index in [2.05, 4.69) is 4.99 Å². The fraction of sp³-hybridized carbons (Fsp3) is 0.105. The lowest BCUT2D eigenvalue weighted by molar-refractivity contribution is 0.100. The summed E-state index contributed by atoms with van der Waals surface area (Å²) in [6, 6.07) is 11.8. The standard InChI is InChI=1S/C19H18N4O4/c1-26-12-7-11(8-13(9-12)27-2)23-10-16(17(24)22-19(20)21)14-5-3-4-6-15(14)18(23)25/h3-10H,1-2H3,(H4,20,21,22,24). The zero-order valence-corrected chi connectivity index (χ0v) is 14.8. The van der Waals surface area contributed by atoms with Gasteiger partial charge in [0.1, 0.15) is 11.5 Å². The fourth-order valence-electron chi connectivity index (χ4n) is 2.76. The number of fused-ring (bicyclic) bond motifs is 1. The molecule has 0 saturated heterocycles. The lowest BCUT2D eigenvalue weighted by atomic mass is 10.1. The van der Waals surface area contributed by atoms with E-state index in [4.69, 9.17) is 20.9 Å². The summed E-state index contributed by atoms with van der Waals surface area (Å²) < 4.78 is 11.9. The summed E-state index contributed by atoms with van der Waals surface area (Å²) in [5, 5.41) is 0.819. The molecule has 0 atom stereocenters. The Balaban J connectivity index is 2.35. The molecule has 0 spiro atoms. The summed E-state index contributed by atoms with van der Waals surface area (Å²) >= 11 is 0. The van der Waals surface area contributed by atoms with E-state index in [0.717, 1.165) is 0 Å². The van der Waals surface area contributed by atoms with Gasteiger partial charge in [0.25, 0.3) is 11.5 Å². The van der Waals surface area contributed by atoms with Crippen molar-refractivity contribution >= 4 is 22.6 Å². The first kappa shape index (κ1) is 18.0. The number of rotatable bonds is 4. The van der Waals surface area contributed by atoms with Crippen molar-refractivity contribution in [1.29, 1.82) is 0 Å². The number of amides is 1. The monoisotopic (exact) mass is 366 g/mol. The SMILES string of the molecule is COc1cc(OC)cc(-n2cc(C(=O)N=C(N)N)c3ccccc3c2=O)c1. The number of benzene rings is 2. The third kappa shape index (κ3) is 3.45. The van der Waals surface area contributed by atoms with E-state index >= 15 is 0 Å². The zero-order chi connectivity index (χ0) is 19.6. The van der Waals surface area contributed by atoms with Gasteiger partial charge in [0.05, 0.1) is 25.5 Å². The number of carbonyl (C=O) groups excluding carboxylic acids is 1. The predicted molar refractivity (Wildman–Crippen MR) is 103 cm³/mol. The Hall–Kier alpha value is -3.81. The van der Waals surface area contributed by atoms with Crippen LogP contribution in [-0.4, -0.2) is 30.7 Å². The van der Waals surface area contributed by atoms with Gasteiger partial charge < -0.3 is 20.9 Å². The van der Waals surface area contributed by atoms with E-state index in [1.807, 2.05) is 0 Å². The van der Waals surface area contributed by atoms with Gasteiger partial charge in [-0.15, -0.1) is 0 Å². The molecule has 0 aliphatic heterocycles. The quantitative estimate of drug-likeness (QED) is 0.532. The molecule has 4 N–H and O–H groups in total. The third-order valence-electron chi connectivity index (χ3n) is 4.00. The minimum atomic E-state index is -0.644. The highest BCUT2D eigenvalue weighted by Gasteiger charge is 2.16. The Kier molecular flexibility index (Phi) is 4.80. The number of hydrogen-bond acceptors (Lipinski definition) is 4. The first-order valence-electron chi connectivity index (χ1n) is 7.96. The number of nitrogens with zero attached hydrogens (tertiary/aromatic N) is 2. The molecular weight excluding hydrogens is 348 g/mol. The number of hydrogen-bond donors (Lipinski definition) is 2. The Morgan fingerprint density at radius 2 is 1.59 bits per heavy atom. The van der Waals surface area contributed by atoms with Crippen molar-refractivity contribution < 1.29 is 14.3 Å². The number of ether oxygens (including phenoxy) is 2. The molecule has 138 valence electrons. The van der Waals surface area contributed by atoms with Crippen molar-refractivity contribution in [2.45, 2.75) is 0 Å². The van der Waals surface area contributed by atoms with E-state index in [9.17, 15) is 9.59 Å². The molecule has 8 nitrogen and oxygen atoms in total. The molecule has 27 heavy (non-hydrogen) atoms. The summed E-state index contributed by atoms with van der Waals surface area (Å²) in [6.45, 7) is 0. The molecule has 0 bridgehead atoms. The molecule has 0 fully saturated rings. The van der Waals surface area contributed by atoms with E-state index in [-0.39, 0.29) is 17.1 Å². The van der Waals surface area contributed by atoms with E-state index in [1.165, 1.54) is 25.0 Å². The molecule has 1 amide bonds. The summed E-state index contributed by atoms with van der Waals surface area (Å²) in [4.78, 5) is 29.1. The molecule has 0 unspecified atom stereocenters. The lowest BCUT2D eigenvalue weighted by Gasteiger charge is -2.13. The molecule has 3 aromatic rings. The molecule has 0 aliphatic carbocycles. The second kappa shape index (κ2) is 7.20.